The molecule has 0 aromatic rings. The van der Waals surface area contributed by atoms with E-state index in [1.54, 1.807) is 6.92 Å². The van der Waals surface area contributed by atoms with E-state index < -0.39 is 11.5 Å². The van der Waals surface area contributed by atoms with Gasteiger partial charge in [0.2, 0.25) is 0 Å². The predicted molar refractivity (Wildman–Crippen MR) is 88.8 cm³/mol. The zero-order valence-corrected chi connectivity index (χ0v) is 15.1. The number of carboxylic acid groups (broad SMARTS) is 1. The van der Waals surface area contributed by atoms with E-state index >= 15 is 0 Å². The molecule has 2 N–H and O–H groups in total. The average molecular weight is 301 g/mol. The lowest BCUT2D eigenvalue weighted by molar-refractivity contribution is -0.145. The van der Waals surface area contributed by atoms with Gasteiger partial charge in [-0.1, -0.05) is 6.92 Å². The highest BCUT2D eigenvalue weighted by Crippen LogP contribution is 2.19. The Morgan fingerprint density at radius 1 is 1.19 bits per heavy atom. The monoisotopic (exact) mass is 301 g/mol. The Morgan fingerprint density at radius 2 is 1.71 bits per heavy atom. The Labute approximate surface area is 130 Å². The van der Waals surface area contributed by atoms with Crippen molar-refractivity contribution in [3.05, 3.63) is 0 Å². The minimum absolute atomic E-state index is 0.146. The minimum Gasteiger partial charge on any atom is -0.480 e. The first kappa shape index (κ1) is 20.3. The van der Waals surface area contributed by atoms with Crippen LogP contribution in [-0.2, 0) is 4.79 Å². The van der Waals surface area contributed by atoms with Crippen LogP contribution in [0.25, 0.3) is 0 Å². The highest BCUT2D eigenvalue weighted by Gasteiger charge is 2.36. The van der Waals surface area contributed by atoms with Gasteiger partial charge in [0.05, 0.1) is 0 Å². The van der Waals surface area contributed by atoms with Gasteiger partial charge in [0.15, 0.2) is 0 Å². The molecule has 0 heterocycles. The van der Waals surface area contributed by atoms with Gasteiger partial charge in [0.1, 0.15) is 5.54 Å². The number of carbonyl (C=O) groups is 1. The molecule has 3 atom stereocenters. The molecule has 0 aliphatic carbocycles. The lowest BCUT2D eigenvalue weighted by Crippen LogP contribution is -2.57. The molecule has 0 radical (unpaired) electrons. The maximum absolute atomic E-state index is 11.7. The van der Waals surface area contributed by atoms with E-state index in [2.05, 4.69) is 50.0 Å². The summed E-state index contributed by atoms with van der Waals surface area (Å²) in [7, 11) is 4.13. The standard InChI is InChI=1S/C16H35N3O2/c1-9-19(14(5)11-18(7)8)13(4)10-16(6,15(20)21)17-12(2)3/h12-14,17H,9-11H2,1-8H3,(H,20,21). The molecule has 5 heteroatoms. The summed E-state index contributed by atoms with van der Waals surface area (Å²) >= 11 is 0. The van der Waals surface area contributed by atoms with Crippen LogP contribution in [0.15, 0.2) is 0 Å². The number of aliphatic carboxylic acids is 1. The number of nitrogens with zero attached hydrogens (tertiary/aromatic N) is 2. The summed E-state index contributed by atoms with van der Waals surface area (Å²) in [6, 6.07) is 0.752. The fourth-order valence-corrected chi connectivity index (χ4v) is 3.24. The molecular weight excluding hydrogens is 266 g/mol. The van der Waals surface area contributed by atoms with Gasteiger partial charge in [-0.2, -0.15) is 0 Å². The number of rotatable bonds is 10. The third-order valence-electron chi connectivity index (χ3n) is 3.91. The third kappa shape index (κ3) is 6.76. The van der Waals surface area contributed by atoms with E-state index in [0.717, 1.165) is 13.1 Å². The molecule has 0 spiro atoms. The molecule has 5 nitrogen and oxygen atoms in total. The van der Waals surface area contributed by atoms with Crippen LogP contribution in [0.3, 0.4) is 0 Å². The van der Waals surface area contributed by atoms with E-state index in [4.69, 9.17) is 0 Å². The summed E-state index contributed by atoms with van der Waals surface area (Å²) < 4.78 is 0. The summed E-state index contributed by atoms with van der Waals surface area (Å²) in [6.45, 7) is 14.1. The van der Waals surface area contributed by atoms with Crippen molar-refractivity contribution < 1.29 is 9.90 Å². The highest BCUT2D eigenvalue weighted by molar-refractivity contribution is 5.78. The first-order valence-corrected chi connectivity index (χ1v) is 7.95. The molecule has 0 aliphatic heterocycles. The zero-order valence-electron chi connectivity index (χ0n) is 15.1. The van der Waals surface area contributed by atoms with Crippen molar-refractivity contribution >= 4 is 5.97 Å². The smallest absolute Gasteiger partial charge is 0.323 e. The molecule has 0 saturated carbocycles. The molecule has 126 valence electrons. The number of nitrogens with one attached hydrogen (secondary N) is 1. The number of likely N-dealkylation sites (N-methyl/N-ethyl adjacent to an activating group) is 2. The second-order valence-electron chi connectivity index (χ2n) is 6.93. The van der Waals surface area contributed by atoms with Crippen molar-refractivity contribution in [2.45, 2.75) is 71.6 Å². The topological polar surface area (TPSA) is 55.8 Å². The molecule has 0 rings (SSSR count). The van der Waals surface area contributed by atoms with Crippen molar-refractivity contribution in [2.75, 3.05) is 27.2 Å². The van der Waals surface area contributed by atoms with Crippen LogP contribution in [-0.4, -0.2) is 71.7 Å². The van der Waals surface area contributed by atoms with Gasteiger partial charge in [-0.05, 0) is 61.7 Å². The van der Waals surface area contributed by atoms with Gasteiger partial charge in [0.25, 0.3) is 0 Å². The van der Waals surface area contributed by atoms with Crippen molar-refractivity contribution in [1.29, 1.82) is 0 Å². The Hall–Kier alpha value is -0.650. The van der Waals surface area contributed by atoms with Crippen LogP contribution in [0.2, 0.25) is 0 Å². The molecule has 3 unspecified atom stereocenters. The fraction of sp³-hybridized carbons (Fsp3) is 0.938. The summed E-state index contributed by atoms with van der Waals surface area (Å²) in [5.74, 6) is -0.778. The van der Waals surface area contributed by atoms with Gasteiger partial charge in [-0.25, -0.2) is 0 Å². The predicted octanol–water partition coefficient (Wildman–Crippen LogP) is 1.88. The van der Waals surface area contributed by atoms with E-state index in [-0.39, 0.29) is 12.1 Å². The molecule has 0 bridgehead atoms. The molecule has 0 aliphatic rings. The SMILES string of the molecule is CCN(C(C)CN(C)C)C(C)CC(C)(NC(C)C)C(=O)O. The van der Waals surface area contributed by atoms with Crippen LogP contribution < -0.4 is 5.32 Å². The molecule has 0 aromatic heterocycles. The molecular formula is C16H35N3O2. The number of hydrogen-bond acceptors (Lipinski definition) is 4. The van der Waals surface area contributed by atoms with E-state index in [1.165, 1.54) is 0 Å². The minimum atomic E-state index is -0.890. The maximum Gasteiger partial charge on any atom is 0.323 e. The molecule has 21 heavy (non-hydrogen) atoms. The zero-order chi connectivity index (χ0) is 16.8. The largest absolute Gasteiger partial charge is 0.480 e. The Balaban J connectivity index is 4.93. The van der Waals surface area contributed by atoms with Gasteiger partial charge in [-0.15, -0.1) is 0 Å². The first-order chi connectivity index (χ1) is 9.53. The second kappa shape index (κ2) is 8.71. The van der Waals surface area contributed by atoms with Gasteiger partial charge < -0.3 is 10.0 Å². The van der Waals surface area contributed by atoms with E-state index in [9.17, 15) is 9.90 Å². The van der Waals surface area contributed by atoms with Crippen LogP contribution in [0, 0.1) is 0 Å². The first-order valence-electron chi connectivity index (χ1n) is 7.95. The lowest BCUT2D eigenvalue weighted by atomic mass is 9.91. The average Bonchev–Trinajstić information content (AvgIpc) is 2.26. The maximum atomic E-state index is 11.7. The number of carboxylic acids is 1. The fourth-order valence-electron chi connectivity index (χ4n) is 3.24. The Morgan fingerprint density at radius 3 is 2.05 bits per heavy atom. The van der Waals surface area contributed by atoms with Gasteiger partial charge >= 0.3 is 5.97 Å². The molecule has 0 aromatic carbocycles. The van der Waals surface area contributed by atoms with Crippen molar-refractivity contribution in [1.82, 2.24) is 15.1 Å². The summed E-state index contributed by atoms with van der Waals surface area (Å²) in [5.41, 5.74) is -0.890. The van der Waals surface area contributed by atoms with Crippen LogP contribution in [0.4, 0.5) is 0 Å². The lowest BCUT2D eigenvalue weighted by Gasteiger charge is -2.39. The number of hydrogen-bond donors (Lipinski definition) is 2. The Kier molecular flexibility index (Phi) is 8.44. The third-order valence-corrected chi connectivity index (χ3v) is 3.91. The molecule has 0 amide bonds. The summed E-state index contributed by atoms with van der Waals surface area (Å²) in [5, 5.41) is 12.8. The van der Waals surface area contributed by atoms with Crippen LogP contribution in [0.5, 0.6) is 0 Å². The molecule has 0 saturated heterocycles. The van der Waals surface area contributed by atoms with Gasteiger partial charge in [0, 0.05) is 24.7 Å². The van der Waals surface area contributed by atoms with Crippen molar-refractivity contribution in [3.8, 4) is 0 Å². The summed E-state index contributed by atoms with van der Waals surface area (Å²) in [4.78, 5) is 16.2. The van der Waals surface area contributed by atoms with Gasteiger partial charge in [-0.3, -0.25) is 15.0 Å². The quantitative estimate of drug-likeness (QED) is 0.645. The Bertz CT molecular complexity index is 321. The van der Waals surface area contributed by atoms with Crippen molar-refractivity contribution in [3.63, 3.8) is 0 Å². The van der Waals surface area contributed by atoms with Crippen LogP contribution >= 0.6 is 0 Å². The van der Waals surface area contributed by atoms with Crippen LogP contribution in [0.1, 0.15) is 48.0 Å². The van der Waals surface area contributed by atoms with E-state index in [0.29, 0.717) is 12.5 Å². The van der Waals surface area contributed by atoms with Crippen molar-refractivity contribution in [2.24, 2.45) is 0 Å². The second-order valence-corrected chi connectivity index (χ2v) is 6.93. The van der Waals surface area contributed by atoms with E-state index in [1.807, 2.05) is 13.8 Å². The highest BCUT2D eigenvalue weighted by atomic mass is 16.4. The summed E-state index contributed by atoms with van der Waals surface area (Å²) in [6.07, 6.45) is 0.589. The normalized spacial score (nSPS) is 18.0. The molecule has 0 fully saturated rings.